The minimum atomic E-state index is 0.296. The smallest absolute Gasteiger partial charge is 0.0796 e. The molecule has 0 radical (unpaired) electrons. The van der Waals surface area contributed by atoms with Crippen molar-refractivity contribution in [3.05, 3.63) is 35.4 Å². The van der Waals surface area contributed by atoms with Gasteiger partial charge < -0.3 is 5.32 Å². The fourth-order valence-electron chi connectivity index (χ4n) is 2.11. The first-order valence-electron chi connectivity index (χ1n) is 6.25. The van der Waals surface area contributed by atoms with Crippen molar-refractivity contribution < 1.29 is 0 Å². The molecular formula is C13H21N5. The third-order valence-electron chi connectivity index (χ3n) is 3.32. The Balaban J connectivity index is 2.01. The Kier molecular flexibility index (Phi) is 3.81. The summed E-state index contributed by atoms with van der Waals surface area (Å²) < 4.78 is 3.76. The summed E-state index contributed by atoms with van der Waals surface area (Å²) in [5.74, 6) is 0. The van der Waals surface area contributed by atoms with E-state index in [2.05, 4.69) is 34.7 Å². The molecular weight excluding hydrogens is 226 g/mol. The zero-order chi connectivity index (χ0) is 13.1. The van der Waals surface area contributed by atoms with Crippen molar-refractivity contribution in [1.82, 2.24) is 24.9 Å². The molecule has 0 saturated carbocycles. The third-order valence-corrected chi connectivity index (χ3v) is 3.32. The lowest BCUT2D eigenvalue weighted by molar-refractivity contribution is 0.526. The van der Waals surface area contributed by atoms with E-state index in [-0.39, 0.29) is 0 Å². The molecule has 0 aliphatic carbocycles. The van der Waals surface area contributed by atoms with Crippen molar-refractivity contribution in [2.75, 3.05) is 7.05 Å². The standard InChI is InChI=1S/C13H21N5/c1-10-7-13(16-18(10)4)12(14-2)6-5-11-8-15-17(3)9-11/h7-9,12,14H,5-6H2,1-4H3. The van der Waals surface area contributed by atoms with Crippen LogP contribution in [0.1, 0.15) is 29.4 Å². The van der Waals surface area contributed by atoms with E-state index in [0.29, 0.717) is 6.04 Å². The molecule has 1 N–H and O–H groups in total. The van der Waals surface area contributed by atoms with E-state index < -0.39 is 0 Å². The third kappa shape index (κ3) is 2.79. The number of nitrogens with zero attached hydrogens (tertiary/aromatic N) is 4. The summed E-state index contributed by atoms with van der Waals surface area (Å²) in [6.07, 6.45) is 6.03. The fraction of sp³-hybridized carbons (Fsp3) is 0.538. The first-order valence-corrected chi connectivity index (χ1v) is 6.25. The minimum Gasteiger partial charge on any atom is -0.312 e. The second kappa shape index (κ2) is 5.35. The first kappa shape index (κ1) is 12.8. The van der Waals surface area contributed by atoms with Crippen molar-refractivity contribution in [3.63, 3.8) is 0 Å². The Hall–Kier alpha value is -1.62. The molecule has 0 aliphatic heterocycles. The van der Waals surface area contributed by atoms with Crippen molar-refractivity contribution in [3.8, 4) is 0 Å². The lowest BCUT2D eigenvalue weighted by Gasteiger charge is -2.12. The van der Waals surface area contributed by atoms with Gasteiger partial charge in [0.25, 0.3) is 0 Å². The molecule has 2 rings (SSSR count). The summed E-state index contributed by atoms with van der Waals surface area (Å²) in [5, 5.41) is 12.1. The number of hydrogen-bond acceptors (Lipinski definition) is 3. The van der Waals surface area contributed by atoms with Crippen LogP contribution >= 0.6 is 0 Å². The van der Waals surface area contributed by atoms with Gasteiger partial charge >= 0.3 is 0 Å². The highest BCUT2D eigenvalue weighted by Gasteiger charge is 2.13. The molecule has 0 amide bonds. The van der Waals surface area contributed by atoms with Gasteiger partial charge in [0, 0.05) is 26.0 Å². The molecule has 2 aromatic heterocycles. The van der Waals surface area contributed by atoms with E-state index in [4.69, 9.17) is 0 Å². The van der Waals surface area contributed by atoms with Crippen molar-refractivity contribution in [2.45, 2.75) is 25.8 Å². The van der Waals surface area contributed by atoms with Gasteiger partial charge in [-0.2, -0.15) is 10.2 Å². The van der Waals surface area contributed by atoms with Crippen molar-refractivity contribution in [1.29, 1.82) is 0 Å². The molecule has 0 saturated heterocycles. The monoisotopic (exact) mass is 247 g/mol. The van der Waals surface area contributed by atoms with Gasteiger partial charge in [0.15, 0.2) is 0 Å². The van der Waals surface area contributed by atoms with Crippen LogP contribution in [0.2, 0.25) is 0 Å². The van der Waals surface area contributed by atoms with Gasteiger partial charge in [-0.25, -0.2) is 0 Å². The van der Waals surface area contributed by atoms with Gasteiger partial charge in [-0.3, -0.25) is 9.36 Å². The summed E-state index contributed by atoms with van der Waals surface area (Å²) in [6, 6.07) is 2.44. The first-order chi connectivity index (χ1) is 8.60. The molecule has 0 aromatic carbocycles. The maximum atomic E-state index is 4.53. The molecule has 0 bridgehead atoms. The van der Waals surface area contributed by atoms with E-state index >= 15 is 0 Å². The second-order valence-electron chi connectivity index (χ2n) is 4.74. The predicted molar refractivity (Wildman–Crippen MR) is 71.3 cm³/mol. The zero-order valence-electron chi connectivity index (χ0n) is 11.5. The lowest BCUT2D eigenvalue weighted by Crippen LogP contribution is -2.17. The molecule has 0 spiro atoms. The minimum absolute atomic E-state index is 0.296. The maximum Gasteiger partial charge on any atom is 0.0796 e. The largest absolute Gasteiger partial charge is 0.312 e. The molecule has 5 nitrogen and oxygen atoms in total. The zero-order valence-corrected chi connectivity index (χ0v) is 11.5. The van der Waals surface area contributed by atoms with Crippen LogP contribution < -0.4 is 5.32 Å². The van der Waals surface area contributed by atoms with E-state index in [1.165, 1.54) is 11.3 Å². The molecule has 0 aliphatic rings. The van der Waals surface area contributed by atoms with Gasteiger partial charge in [-0.05, 0) is 38.4 Å². The predicted octanol–water partition coefficient (Wildman–Crippen LogP) is 1.36. The molecule has 5 heteroatoms. The number of nitrogens with one attached hydrogen (secondary N) is 1. The summed E-state index contributed by atoms with van der Waals surface area (Å²) in [6.45, 7) is 2.07. The summed E-state index contributed by atoms with van der Waals surface area (Å²) in [7, 11) is 5.91. The van der Waals surface area contributed by atoms with Gasteiger partial charge in [0.1, 0.15) is 0 Å². The number of aryl methyl sites for hydroxylation is 4. The molecule has 18 heavy (non-hydrogen) atoms. The highest BCUT2D eigenvalue weighted by Crippen LogP contribution is 2.18. The van der Waals surface area contributed by atoms with Crippen molar-refractivity contribution >= 4 is 0 Å². The average molecular weight is 247 g/mol. The summed E-state index contributed by atoms with van der Waals surface area (Å²) in [5.41, 5.74) is 3.57. The van der Waals surface area contributed by atoms with Crippen LogP contribution in [-0.2, 0) is 20.5 Å². The highest BCUT2D eigenvalue weighted by atomic mass is 15.3. The Morgan fingerprint density at radius 3 is 2.67 bits per heavy atom. The summed E-state index contributed by atoms with van der Waals surface area (Å²) >= 11 is 0. The fourth-order valence-corrected chi connectivity index (χ4v) is 2.11. The number of rotatable bonds is 5. The van der Waals surface area contributed by atoms with Crippen LogP contribution in [0.3, 0.4) is 0 Å². The van der Waals surface area contributed by atoms with Crippen LogP contribution in [0, 0.1) is 6.92 Å². The Morgan fingerprint density at radius 2 is 2.17 bits per heavy atom. The van der Waals surface area contributed by atoms with Gasteiger partial charge in [-0.15, -0.1) is 0 Å². The van der Waals surface area contributed by atoms with Crippen LogP contribution in [0.25, 0.3) is 0 Å². The van der Waals surface area contributed by atoms with E-state index in [1.54, 1.807) is 0 Å². The Bertz CT molecular complexity index is 492. The van der Waals surface area contributed by atoms with Crippen LogP contribution in [0.4, 0.5) is 0 Å². The second-order valence-corrected chi connectivity index (χ2v) is 4.74. The van der Waals surface area contributed by atoms with E-state index in [1.807, 2.05) is 36.7 Å². The Morgan fingerprint density at radius 1 is 1.39 bits per heavy atom. The van der Waals surface area contributed by atoms with Crippen LogP contribution in [0.15, 0.2) is 18.5 Å². The average Bonchev–Trinajstić information content (AvgIpc) is 2.88. The van der Waals surface area contributed by atoms with Gasteiger partial charge in [0.2, 0.25) is 0 Å². The molecule has 98 valence electrons. The van der Waals surface area contributed by atoms with Crippen LogP contribution in [0.5, 0.6) is 0 Å². The molecule has 0 fully saturated rings. The molecule has 1 atom stereocenters. The van der Waals surface area contributed by atoms with Crippen molar-refractivity contribution in [2.24, 2.45) is 14.1 Å². The van der Waals surface area contributed by atoms with Gasteiger partial charge in [0.05, 0.1) is 17.9 Å². The normalized spacial score (nSPS) is 12.9. The number of aromatic nitrogens is 4. The highest BCUT2D eigenvalue weighted by molar-refractivity contribution is 5.13. The molecule has 2 aromatic rings. The molecule has 2 heterocycles. The quantitative estimate of drug-likeness (QED) is 0.867. The van der Waals surface area contributed by atoms with E-state index in [9.17, 15) is 0 Å². The maximum absolute atomic E-state index is 4.53. The SMILES string of the molecule is CNC(CCc1cnn(C)c1)c1cc(C)n(C)n1. The summed E-state index contributed by atoms with van der Waals surface area (Å²) in [4.78, 5) is 0. The number of hydrogen-bond donors (Lipinski definition) is 1. The van der Waals surface area contributed by atoms with E-state index in [0.717, 1.165) is 18.5 Å². The van der Waals surface area contributed by atoms with Gasteiger partial charge in [-0.1, -0.05) is 0 Å². The topological polar surface area (TPSA) is 47.7 Å². The lowest BCUT2D eigenvalue weighted by atomic mass is 10.1. The Labute approximate surface area is 108 Å². The molecule has 1 unspecified atom stereocenters. The van der Waals surface area contributed by atoms with Crippen LogP contribution in [-0.4, -0.2) is 26.6 Å².